The number of piperidine rings is 2. The van der Waals surface area contributed by atoms with Gasteiger partial charge in [0.1, 0.15) is 34.5 Å². The third-order valence-electron chi connectivity index (χ3n) is 18.8. The summed E-state index contributed by atoms with van der Waals surface area (Å²) in [5.74, 6) is 3.55. The molecule has 2 saturated heterocycles. The van der Waals surface area contributed by atoms with Crippen LogP contribution in [-0.4, -0.2) is 90.1 Å². The number of fused-ring (bicyclic) bond motifs is 3. The first kappa shape index (κ1) is 72.6. The Bertz CT molecular complexity index is 5930. The van der Waals surface area contributed by atoms with Crippen LogP contribution in [0.25, 0.3) is 61.9 Å². The molecule has 2 fully saturated rings. The number of anilines is 1. The Morgan fingerprint density at radius 2 is 0.899 bits per heavy atom. The summed E-state index contributed by atoms with van der Waals surface area (Å²) in [5.41, 5.74) is 10.1. The molecule has 20 nitrogen and oxygen atoms in total. The Labute approximate surface area is 637 Å². The van der Waals surface area contributed by atoms with Crippen molar-refractivity contribution in [2.45, 2.75) is 44.7 Å². The molecule has 2 amide bonds. The molecule has 544 valence electrons. The molecule has 2 atom stereocenters. The van der Waals surface area contributed by atoms with Crippen molar-refractivity contribution in [3.8, 4) is 57.2 Å². The molecule has 2 aliphatic heterocycles. The SMILES string of the molecule is C=C(/C=C/c1ccccc1)Nc1cccc(-n2c(=O)n(-c3ccc(Oc4ccccc4)cc3)c3cnccc32)c1.C=CC(=O)N1CCC[C@@H](n2c(=O)n(-c3ccc(Oc4cccc(C)c4)c(Cl)c3)c3cnccc32)C1.C=CC(=O)N1CCC[C@@H](n2c(=O)n(-c3ccc(Oc4ccccc4)c(Cl)c3)c3cnccc32)C1. The van der Waals surface area contributed by atoms with E-state index < -0.39 is 0 Å². The minimum Gasteiger partial charge on any atom is -0.457 e. The summed E-state index contributed by atoms with van der Waals surface area (Å²) >= 11 is 13.1. The van der Waals surface area contributed by atoms with Gasteiger partial charge in [0, 0.05) is 56.2 Å². The zero-order valence-corrected chi connectivity index (χ0v) is 60.9. The van der Waals surface area contributed by atoms with Crippen molar-refractivity contribution in [3.63, 3.8) is 0 Å². The molecule has 109 heavy (non-hydrogen) atoms. The average Bonchev–Trinajstić information content (AvgIpc) is 1.61. The van der Waals surface area contributed by atoms with Crippen LogP contribution in [0.3, 0.4) is 0 Å². The number of likely N-dealkylation sites (tertiary alicyclic amines) is 2. The third kappa shape index (κ3) is 16.1. The van der Waals surface area contributed by atoms with Gasteiger partial charge in [0.2, 0.25) is 11.8 Å². The van der Waals surface area contributed by atoms with Gasteiger partial charge in [-0.2, -0.15) is 0 Å². The molecular weight excluding hydrogens is 1410 g/mol. The second-order valence-electron chi connectivity index (χ2n) is 26.0. The molecule has 14 aromatic rings. The summed E-state index contributed by atoms with van der Waals surface area (Å²) in [5, 5.41) is 4.10. The number of aromatic nitrogens is 9. The molecule has 8 aromatic carbocycles. The molecule has 0 bridgehead atoms. The lowest BCUT2D eigenvalue weighted by Crippen LogP contribution is -2.42. The van der Waals surface area contributed by atoms with Crippen LogP contribution in [0, 0.1) is 6.92 Å². The quantitative estimate of drug-likeness (QED) is 0.0630. The smallest absolute Gasteiger partial charge is 0.338 e. The van der Waals surface area contributed by atoms with Crippen LogP contribution < -0.4 is 36.6 Å². The van der Waals surface area contributed by atoms with E-state index in [2.05, 4.69) is 40.0 Å². The number of amides is 2. The minimum atomic E-state index is -0.200. The summed E-state index contributed by atoms with van der Waals surface area (Å²) in [7, 11) is 0. The van der Waals surface area contributed by atoms with E-state index >= 15 is 0 Å². The van der Waals surface area contributed by atoms with Crippen LogP contribution in [0.1, 0.15) is 48.9 Å². The number of hydrogen-bond donors (Lipinski definition) is 1. The molecule has 0 spiro atoms. The second kappa shape index (κ2) is 33.0. The number of hydrogen-bond acceptors (Lipinski definition) is 12. The third-order valence-corrected chi connectivity index (χ3v) is 19.4. The van der Waals surface area contributed by atoms with Crippen molar-refractivity contribution in [1.29, 1.82) is 0 Å². The largest absolute Gasteiger partial charge is 0.457 e. The number of carbonyl (C=O) groups is 2. The Morgan fingerprint density at radius 1 is 0.459 bits per heavy atom. The highest BCUT2D eigenvalue weighted by Crippen LogP contribution is 2.36. The number of allylic oxidation sites excluding steroid dienone is 1. The van der Waals surface area contributed by atoms with Crippen molar-refractivity contribution in [2.75, 3.05) is 31.5 Å². The normalized spacial score (nSPS) is 14.1. The zero-order valence-electron chi connectivity index (χ0n) is 59.4. The fourth-order valence-corrected chi connectivity index (χ4v) is 14.1. The van der Waals surface area contributed by atoms with Gasteiger partial charge in [-0.15, -0.1) is 0 Å². The van der Waals surface area contributed by atoms with E-state index in [-0.39, 0.29) is 41.0 Å². The lowest BCUT2D eigenvalue weighted by molar-refractivity contribution is -0.128. The van der Waals surface area contributed by atoms with Crippen molar-refractivity contribution < 1.29 is 23.8 Å². The molecule has 8 heterocycles. The van der Waals surface area contributed by atoms with Gasteiger partial charge >= 0.3 is 17.1 Å². The molecule has 0 radical (unpaired) electrons. The maximum atomic E-state index is 13.9. The molecule has 1 N–H and O–H groups in total. The fourth-order valence-electron chi connectivity index (χ4n) is 13.7. The van der Waals surface area contributed by atoms with Crippen LogP contribution in [0.4, 0.5) is 5.69 Å². The van der Waals surface area contributed by atoms with Crippen LogP contribution in [0.5, 0.6) is 34.5 Å². The standard InChI is InChI=1S/C34H26N4O2.C27H25ClN4O3.C26H23ClN4O3/c1-25(15-16-26-9-4-2-5-10-26)36-27-11-8-12-29(23-27)38-32-21-22-35-24-33(32)37(34(38)39)28-17-19-31(20-18-28)40-30-13-6-3-7-14-30;1-3-26(33)30-13-5-7-20(17-30)32-23-11-12-29-16-24(23)31(27(32)34)19-9-10-25(22(28)15-19)35-21-8-4-6-18(2)14-21;1-2-25(32)29-14-6-7-19(17-29)31-22-12-13-28-16-23(22)30(26(31)33)18-10-11-24(21(27)15-18)34-20-8-4-3-5-9-20/h2-24,36H,1H2;3-4,6,8-12,14-16,20H,1,5,7,13,17H2,2H3;2-5,8-13,15-16,19H,1,6-7,14,17H2/b16-15+;;/t;20-;19-/m.11/s1. The summed E-state index contributed by atoms with van der Waals surface area (Å²) in [6.07, 6.45) is 19.9. The molecule has 16 rings (SSSR count). The molecule has 0 saturated carbocycles. The highest BCUT2D eigenvalue weighted by molar-refractivity contribution is 6.32. The predicted octanol–water partition coefficient (Wildman–Crippen LogP) is 17.9. The van der Waals surface area contributed by atoms with Gasteiger partial charge < -0.3 is 29.3 Å². The molecule has 2 aliphatic rings. The van der Waals surface area contributed by atoms with Crippen LogP contribution >= 0.6 is 23.2 Å². The predicted molar refractivity (Wildman–Crippen MR) is 430 cm³/mol. The Balaban J connectivity index is 0.000000137. The summed E-state index contributed by atoms with van der Waals surface area (Å²) in [6, 6.07) is 67.6. The van der Waals surface area contributed by atoms with E-state index in [4.69, 9.17) is 37.4 Å². The number of carbonyl (C=O) groups excluding carboxylic acids is 2. The highest BCUT2D eigenvalue weighted by atomic mass is 35.5. The maximum absolute atomic E-state index is 13.9. The second-order valence-corrected chi connectivity index (χ2v) is 26.8. The van der Waals surface area contributed by atoms with Crippen LogP contribution in [-0.2, 0) is 9.59 Å². The van der Waals surface area contributed by atoms with Gasteiger partial charge in [0.25, 0.3) is 0 Å². The van der Waals surface area contributed by atoms with Crippen molar-refractivity contribution in [1.82, 2.24) is 52.2 Å². The lowest BCUT2D eigenvalue weighted by atomic mass is 10.1. The van der Waals surface area contributed by atoms with Crippen molar-refractivity contribution >= 4 is 79.9 Å². The summed E-state index contributed by atoms with van der Waals surface area (Å²) < 4.78 is 27.9. The number of nitrogens with zero attached hydrogens (tertiary/aromatic N) is 11. The van der Waals surface area contributed by atoms with E-state index in [1.165, 1.54) is 12.2 Å². The van der Waals surface area contributed by atoms with Crippen molar-refractivity contribution in [2.24, 2.45) is 0 Å². The first-order chi connectivity index (χ1) is 53.2. The molecule has 6 aromatic heterocycles. The molecule has 0 aliphatic carbocycles. The minimum absolute atomic E-state index is 0.121. The van der Waals surface area contributed by atoms with Gasteiger partial charge in [0.15, 0.2) is 0 Å². The first-order valence-electron chi connectivity index (χ1n) is 35.4. The molecule has 22 heteroatoms. The number of pyridine rings is 3. The van der Waals surface area contributed by atoms with Crippen LogP contribution in [0.2, 0.25) is 10.0 Å². The molecular formula is C87H74Cl2N12O8. The van der Waals surface area contributed by atoms with E-state index in [0.717, 1.165) is 81.9 Å². The van der Waals surface area contributed by atoms with Gasteiger partial charge in [-0.05, 0) is 195 Å². The Morgan fingerprint density at radius 3 is 1.42 bits per heavy atom. The number of imidazole rings is 3. The monoisotopic (exact) mass is 1480 g/mol. The Kier molecular flexibility index (Phi) is 22.0. The number of aryl methyl sites for hydroxylation is 1. The van der Waals surface area contributed by atoms with E-state index in [1.807, 2.05) is 207 Å². The Hall–Kier alpha value is -13.3. The number of nitrogens with one attached hydrogen (secondary N) is 1. The van der Waals surface area contributed by atoms with Gasteiger partial charge in [0.05, 0.1) is 96.6 Å². The lowest BCUT2D eigenvalue weighted by Gasteiger charge is -2.32. The van der Waals surface area contributed by atoms with E-state index in [0.29, 0.717) is 92.9 Å². The van der Waals surface area contributed by atoms with E-state index in [1.54, 1.807) is 105 Å². The average molecular weight is 1490 g/mol. The number of rotatable bonds is 18. The number of ether oxygens (including phenoxy) is 3. The van der Waals surface area contributed by atoms with E-state index in [9.17, 15) is 24.0 Å². The summed E-state index contributed by atoms with van der Waals surface area (Å²) in [6.45, 7) is 15.5. The number of benzene rings is 8. The number of halogens is 2. The number of para-hydroxylation sites is 2. The maximum Gasteiger partial charge on any atom is 0.338 e. The first-order valence-corrected chi connectivity index (χ1v) is 36.2. The highest BCUT2D eigenvalue weighted by Gasteiger charge is 2.30. The van der Waals surface area contributed by atoms with Crippen LogP contribution in [0.15, 0.2) is 314 Å². The summed E-state index contributed by atoms with van der Waals surface area (Å²) in [4.78, 5) is 82.0. The zero-order chi connectivity index (χ0) is 75.5. The van der Waals surface area contributed by atoms with Gasteiger partial charge in [-0.3, -0.25) is 51.9 Å². The molecule has 0 unspecified atom stereocenters. The van der Waals surface area contributed by atoms with Crippen molar-refractivity contribution in [3.05, 3.63) is 352 Å². The topological polar surface area (TPSA) is 200 Å². The fraction of sp³-hybridized carbons (Fsp3) is 0.126. The van der Waals surface area contributed by atoms with Gasteiger partial charge in [-0.25, -0.2) is 14.4 Å². The van der Waals surface area contributed by atoms with Gasteiger partial charge in [-0.1, -0.05) is 134 Å².